The first kappa shape index (κ1) is 13.4. The highest BCUT2D eigenvalue weighted by atomic mass is 16.5. The van der Waals surface area contributed by atoms with Gasteiger partial charge in [-0.15, -0.1) is 0 Å². The number of hydrogen-bond acceptors (Lipinski definition) is 6. The summed E-state index contributed by atoms with van der Waals surface area (Å²) in [4.78, 5) is 16.9. The minimum atomic E-state index is -1.60. The zero-order valence-corrected chi connectivity index (χ0v) is 9.99. The molecule has 0 spiro atoms. The minimum absolute atomic E-state index is 0.355. The van der Waals surface area contributed by atoms with E-state index in [2.05, 4.69) is 9.72 Å². The van der Waals surface area contributed by atoms with Gasteiger partial charge in [-0.05, 0) is 6.07 Å². The number of nitrogens with zero attached hydrogens (tertiary/aromatic N) is 2. The van der Waals surface area contributed by atoms with Crippen LogP contribution in [0.2, 0.25) is 0 Å². The second kappa shape index (κ2) is 5.60. The van der Waals surface area contributed by atoms with Crippen LogP contribution in [0, 0.1) is 0 Å². The molecule has 0 aromatic carbocycles. The van der Waals surface area contributed by atoms with Crippen molar-refractivity contribution in [3.05, 3.63) is 23.9 Å². The number of esters is 1. The molecule has 0 aliphatic carbocycles. The number of carbonyl (C=O) groups excluding carboxylic acids is 1. The van der Waals surface area contributed by atoms with Crippen molar-refractivity contribution in [2.75, 3.05) is 26.1 Å². The van der Waals surface area contributed by atoms with Gasteiger partial charge in [0.2, 0.25) is 0 Å². The zero-order valence-electron chi connectivity index (χ0n) is 9.99. The van der Waals surface area contributed by atoms with Crippen LogP contribution in [0.5, 0.6) is 0 Å². The summed E-state index contributed by atoms with van der Waals surface area (Å²) in [5, 5.41) is 19.2. The van der Waals surface area contributed by atoms with Crippen molar-refractivity contribution in [3.8, 4) is 0 Å². The minimum Gasteiger partial charge on any atom is -0.467 e. The molecule has 2 N–H and O–H groups in total. The van der Waals surface area contributed by atoms with E-state index in [-0.39, 0.29) is 0 Å². The maximum Gasteiger partial charge on any atom is 0.337 e. The number of methoxy groups -OCH3 is 1. The highest BCUT2D eigenvalue weighted by molar-refractivity contribution is 5.75. The van der Waals surface area contributed by atoms with Crippen LogP contribution in [0.3, 0.4) is 0 Å². The molecule has 94 valence electrons. The van der Waals surface area contributed by atoms with Crippen LogP contribution >= 0.6 is 0 Å². The van der Waals surface area contributed by atoms with Gasteiger partial charge in [0.15, 0.2) is 6.10 Å². The van der Waals surface area contributed by atoms with Gasteiger partial charge in [0.1, 0.15) is 11.9 Å². The molecule has 1 aromatic heterocycles. The molecule has 17 heavy (non-hydrogen) atoms. The van der Waals surface area contributed by atoms with Crippen molar-refractivity contribution in [1.82, 2.24) is 4.98 Å². The third kappa shape index (κ3) is 3.15. The van der Waals surface area contributed by atoms with Gasteiger partial charge in [-0.1, -0.05) is 6.07 Å². The summed E-state index contributed by atoms with van der Waals surface area (Å²) in [6.07, 6.45) is -1.54. The van der Waals surface area contributed by atoms with Crippen LogP contribution in [-0.4, -0.2) is 48.5 Å². The van der Waals surface area contributed by atoms with Crippen molar-refractivity contribution in [3.63, 3.8) is 0 Å². The molecule has 0 aliphatic rings. The van der Waals surface area contributed by atoms with Crippen molar-refractivity contribution < 1.29 is 19.7 Å². The smallest absolute Gasteiger partial charge is 0.337 e. The standard InChI is InChI=1S/C11H16N2O4/c1-13(2)8-5-4-7(6-12-8)9(14)10(15)11(16)17-3/h4-6,9-10,14-15H,1-3H3. The maximum atomic E-state index is 11.0. The summed E-state index contributed by atoms with van der Waals surface area (Å²) >= 11 is 0. The summed E-state index contributed by atoms with van der Waals surface area (Å²) < 4.78 is 4.34. The van der Waals surface area contributed by atoms with Gasteiger partial charge >= 0.3 is 5.97 Å². The molecule has 0 saturated heterocycles. The highest BCUT2D eigenvalue weighted by Crippen LogP contribution is 2.18. The second-order valence-corrected chi connectivity index (χ2v) is 3.76. The zero-order chi connectivity index (χ0) is 13.0. The average molecular weight is 240 g/mol. The Balaban J connectivity index is 2.82. The van der Waals surface area contributed by atoms with Crippen LogP contribution in [0.15, 0.2) is 18.3 Å². The van der Waals surface area contributed by atoms with E-state index in [0.717, 1.165) is 7.11 Å². The molecule has 6 heteroatoms. The molecule has 1 aromatic rings. The Bertz CT molecular complexity index is 378. The monoisotopic (exact) mass is 240 g/mol. The third-order valence-corrected chi connectivity index (χ3v) is 2.31. The van der Waals surface area contributed by atoms with Gasteiger partial charge in [-0.3, -0.25) is 0 Å². The predicted molar refractivity (Wildman–Crippen MR) is 61.5 cm³/mol. The summed E-state index contributed by atoms with van der Waals surface area (Å²) in [6, 6.07) is 3.28. The first-order chi connectivity index (χ1) is 7.97. The quantitative estimate of drug-likeness (QED) is 0.704. The van der Waals surface area contributed by atoms with Crippen molar-refractivity contribution >= 4 is 11.8 Å². The Labute approximate surface area is 99.5 Å². The summed E-state index contributed by atoms with van der Waals surface area (Å²) in [6.45, 7) is 0. The maximum absolute atomic E-state index is 11.0. The van der Waals surface area contributed by atoms with Crippen molar-refractivity contribution in [1.29, 1.82) is 0 Å². The molecule has 0 amide bonds. The third-order valence-electron chi connectivity index (χ3n) is 2.31. The number of aliphatic hydroxyl groups excluding tert-OH is 2. The van der Waals surface area contributed by atoms with E-state index in [0.29, 0.717) is 11.4 Å². The normalized spacial score (nSPS) is 13.9. The fraction of sp³-hybridized carbons (Fsp3) is 0.455. The fourth-order valence-electron chi connectivity index (χ4n) is 1.27. The number of aromatic nitrogens is 1. The molecule has 1 heterocycles. The molecule has 2 atom stereocenters. The Hall–Kier alpha value is -1.66. The molecule has 1 rings (SSSR count). The van der Waals surface area contributed by atoms with E-state index >= 15 is 0 Å². The van der Waals surface area contributed by atoms with Crippen molar-refractivity contribution in [2.24, 2.45) is 0 Å². The van der Waals surface area contributed by atoms with E-state index in [1.807, 2.05) is 14.1 Å². The SMILES string of the molecule is COC(=O)C(O)C(O)c1ccc(N(C)C)nc1. The van der Waals surface area contributed by atoms with Crippen LogP contribution in [-0.2, 0) is 9.53 Å². The highest BCUT2D eigenvalue weighted by Gasteiger charge is 2.26. The molecular weight excluding hydrogens is 224 g/mol. The lowest BCUT2D eigenvalue weighted by atomic mass is 10.1. The molecule has 0 aliphatic heterocycles. The van der Waals surface area contributed by atoms with E-state index in [1.165, 1.54) is 6.20 Å². The van der Waals surface area contributed by atoms with Gasteiger partial charge in [0.05, 0.1) is 7.11 Å². The summed E-state index contributed by atoms with van der Waals surface area (Å²) in [7, 11) is 4.81. The van der Waals surface area contributed by atoms with Crippen LogP contribution in [0.25, 0.3) is 0 Å². The van der Waals surface area contributed by atoms with Gasteiger partial charge in [-0.2, -0.15) is 0 Å². The predicted octanol–water partition coefficient (Wildman–Crippen LogP) is -0.285. The first-order valence-electron chi connectivity index (χ1n) is 5.04. The van der Waals surface area contributed by atoms with E-state index in [9.17, 15) is 15.0 Å². The Kier molecular flexibility index (Phi) is 4.42. The molecular formula is C11H16N2O4. The van der Waals surface area contributed by atoms with Gasteiger partial charge < -0.3 is 19.8 Å². The molecule has 0 saturated carbocycles. The van der Waals surface area contributed by atoms with Crippen LogP contribution in [0.4, 0.5) is 5.82 Å². The molecule has 0 fully saturated rings. The number of ether oxygens (including phenoxy) is 1. The van der Waals surface area contributed by atoms with Crippen LogP contribution < -0.4 is 4.90 Å². The molecule has 0 bridgehead atoms. The number of rotatable bonds is 4. The van der Waals surface area contributed by atoms with Gasteiger partial charge in [0, 0.05) is 25.9 Å². The topological polar surface area (TPSA) is 82.9 Å². The van der Waals surface area contributed by atoms with Crippen molar-refractivity contribution in [2.45, 2.75) is 12.2 Å². The Morgan fingerprint density at radius 3 is 2.47 bits per heavy atom. The van der Waals surface area contributed by atoms with Gasteiger partial charge in [-0.25, -0.2) is 9.78 Å². The largest absolute Gasteiger partial charge is 0.467 e. The lowest BCUT2D eigenvalue weighted by Gasteiger charge is -2.17. The number of anilines is 1. The van der Waals surface area contributed by atoms with Gasteiger partial charge in [0.25, 0.3) is 0 Å². The number of aliphatic hydroxyl groups is 2. The average Bonchev–Trinajstić information content (AvgIpc) is 2.36. The van der Waals surface area contributed by atoms with E-state index in [4.69, 9.17) is 0 Å². The molecule has 2 unspecified atom stereocenters. The van der Waals surface area contributed by atoms with Crippen LogP contribution in [0.1, 0.15) is 11.7 Å². The first-order valence-corrected chi connectivity index (χ1v) is 5.04. The number of carbonyl (C=O) groups is 1. The summed E-state index contributed by atoms with van der Waals surface area (Å²) in [5.41, 5.74) is 0.355. The second-order valence-electron chi connectivity index (χ2n) is 3.76. The lowest BCUT2D eigenvalue weighted by Crippen LogP contribution is -2.29. The number of pyridine rings is 1. The van der Waals surface area contributed by atoms with E-state index < -0.39 is 18.2 Å². The van der Waals surface area contributed by atoms with E-state index in [1.54, 1.807) is 17.0 Å². The Morgan fingerprint density at radius 1 is 1.41 bits per heavy atom. The lowest BCUT2D eigenvalue weighted by molar-refractivity contribution is -0.156. The molecule has 0 radical (unpaired) electrons. The number of hydrogen-bond donors (Lipinski definition) is 2. The molecule has 6 nitrogen and oxygen atoms in total. The summed E-state index contributed by atoms with van der Waals surface area (Å²) in [5.74, 6) is -0.164. The fourth-order valence-corrected chi connectivity index (χ4v) is 1.27. The Morgan fingerprint density at radius 2 is 2.06 bits per heavy atom.